The van der Waals surface area contributed by atoms with Crippen LogP contribution in [0.15, 0.2) is 45.5 Å². The number of methoxy groups -OCH3 is 1. The number of carbonyl (C=O) groups is 1. The fourth-order valence-electron chi connectivity index (χ4n) is 1.73. The van der Waals surface area contributed by atoms with Crippen LogP contribution in [0.2, 0.25) is 0 Å². The van der Waals surface area contributed by atoms with E-state index >= 15 is 0 Å². The van der Waals surface area contributed by atoms with Crippen LogP contribution in [-0.2, 0) is 4.79 Å². The summed E-state index contributed by atoms with van der Waals surface area (Å²) in [5.74, 6) is 0.389. The normalized spacial score (nSPS) is 11.6. The third kappa shape index (κ3) is 4.45. The molecule has 1 heterocycles. The van der Waals surface area contributed by atoms with E-state index in [1.54, 1.807) is 26.3 Å². The van der Waals surface area contributed by atoms with E-state index in [2.05, 4.69) is 47.5 Å². The molecule has 0 bridgehead atoms. The highest BCUT2D eigenvalue weighted by Gasteiger charge is 2.14. The molecular weight excluding hydrogens is 414 g/mol. The minimum absolute atomic E-state index is 0.140. The molecule has 0 unspecified atom stereocenters. The van der Waals surface area contributed by atoms with Crippen molar-refractivity contribution < 1.29 is 9.53 Å². The van der Waals surface area contributed by atoms with Gasteiger partial charge in [0.25, 0.3) is 0 Å². The van der Waals surface area contributed by atoms with Gasteiger partial charge in [-0.2, -0.15) is 0 Å². The van der Waals surface area contributed by atoms with Crippen molar-refractivity contribution in [1.82, 2.24) is 4.98 Å². The average Bonchev–Trinajstić information content (AvgIpc) is 2.50. The van der Waals surface area contributed by atoms with Gasteiger partial charge in [-0.1, -0.05) is 15.9 Å². The first-order valence-electron chi connectivity index (χ1n) is 6.52. The third-order valence-electron chi connectivity index (χ3n) is 2.91. The van der Waals surface area contributed by atoms with E-state index in [-0.39, 0.29) is 5.91 Å². The van der Waals surface area contributed by atoms with Gasteiger partial charge in [-0.3, -0.25) is 4.79 Å². The number of amides is 1. The van der Waals surface area contributed by atoms with E-state index in [0.717, 1.165) is 20.3 Å². The summed E-state index contributed by atoms with van der Waals surface area (Å²) in [7, 11) is 1.56. The summed E-state index contributed by atoms with van der Waals surface area (Å²) in [4.78, 5) is 16.3. The van der Waals surface area contributed by atoms with Crippen molar-refractivity contribution in [1.29, 1.82) is 0 Å². The van der Waals surface area contributed by atoms with Crippen LogP contribution in [0.25, 0.3) is 0 Å². The van der Waals surface area contributed by atoms with Crippen molar-refractivity contribution >= 4 is 49.1 Å². The molecule has 22 heavy (non-hydrogen) atoms. The summed E-state index contributed by atoms with van der Waals surface area (Å²) in [5.41, 5.74) is 1.47. The molecule has 1 amide bonds. The monoisotopic (exact) mass is 427 g/mol. The maximum atomic E-state index is 12.2. The van der Waals surface area contributed by atoms with Gasteiger partial charge in [0.1, 0.15) is 6.04 Å². The number of rotatable bonds is 5. The van der Waals surface area contributed by atoms with Crippen LogP contribution in [0.3, 0.4) is 0 Å². The SMILES string of the molecule is COc1ccc(N[C@@H](C)C(=O)Nc2ccc(Br)cc2Br)cn1. The molecule has 5 nitrogen and oxygen atoms in total. The number of halogens is 2. The molecule has 0 fully saturated rings. The number of anilines is 2. The first kappa shape index (κ1) is 16.8. The predicted octanol–water partition coefficient (Wildman–Crippen LogP) is 4.05. The summed E-state index contributed by atoms with van der Waals surface area (Å²) in [6, 6.07) is 8.70. The summed E-state index contributed by atoms with van der Waals surface area (Å²) >= 11 is 6.79. The van der Waals surface area contributed by atoms with Crippen molar-refractivity contribution in [3.8, 4) is 5.88 Å². The Morgan fingerprint density at radius 3 is 2.64 bits per heavy atom. The zero-order chi connectivity index (χ0) is 16.1. The highest BCUT2D eigenvalue weighted by atomic mass is 79.9. The van der Waals surface area contributed by atoms with Gasteiger partial charge in [-0.15, -0.1) is 0 Å². The van der Waals surface area contributed by atoms with Gasteiger partial charge in [0.15, 0.2) is 0 Å². The number of hydrogen-bond donors (Lipinski definition) is 2. The van der Waals surface area contributed by atoms with Crippen molar-refractivity contribution in [2.75, 3.05) is 17.7 Å². The second-order valence-corrected chi connectivity index (χ2v) is 6.34. The number of carbonyl (C=O) groups excluding carboxylic acids is 1. The smallest absolute Gasteiger partial charge is 0.246 e. The molecule has 2 rings (SSSR count). The molecule has 0 spiro atoms. The van der Waals surface area contributed by atoms with Gasteiger partial charge in [0.2, 0.25) is 11.8 Å². The highest BCUT2D eigenvalue weighted by molar-refractivity contribution is 9.11. The number of ether oxygens (including phenoxy) is 1. The largest absolute Gasteiger partial charge is 0.481 e. The molecule has 2 N–H and O–H groups in total. The number of nitrogens with zero attached hydrogens (tertiary/aromatic N) is 1. The average molecular weight is 429 g/mol. The summed E-state index contributed by atoms with van der Waals surface area (Å²) in [6.45, 7) is 1.78. The number of aromatic nitrogens is 1. The Balaban J connectivity index is 1.99. The molecule has 116 valence electrons. The molecule has 1 atom stereocenters. The van der Waals surface area contributed by atoms with Gasteiger partial charge < -0.3 is 15.4 Å². The van der Waals surface area contributed by atoms with Crippen LogP contribution in [0.4, 0.5) is 11.4 Å². The van der Waals surface area contributed by atoms with Gasteiger partial charge >= 0.3 is 0 Å². The van der Waals surface area contributed by atoms with Crippen molar-refractivity contribution in [2.24, 2.45) is 0 Å². The quantitative estimate of drug-likeness (QED) is 0.753. The van der Waals surface area contributed by atoms with Gasteiger partial charge in [-0.05, 0) is 47.1 Å². The Bertz CT molecular complexity index is 662. The van der Waals surface area contributed by atoms with Crippen molar-refractivity contribution in [2.45, 2.75) is 13.0 Å². The lowest BCUT2D eigenvalue weighted by Crippen LogP contribution is -2.32. The van der Waals surface area contributed by atoms with E-state index in [1.807, 2.05) is 24.3 Å². The molecular formula is C15H15Br2N3O2. The predicted molar refractivity (Wildman–Crippen MR) is 94.3 cm³/mol. The van der Waals surface area contributed by atoms with Crippen LogP contribution in [0.1, 0.15) is 6.92 Å². The Hall–Kier alpha value is -1.60. The van der Waals surface area contributed by atoms with E-state index in [1.165, 1.54) is 0 Å². The van der Waals surface area contributed by atoms with E-state index in [9.17, 15) is 4.79 Å². The molecule has 2 aromatic rings. The number of nitrogens with one attached hydrogen (secondary N) is 2. The minimum Gasteiger partial charge on any atom is -0.481 e. The first-order valence-corrected chi connectivity index (χ1v) is 8.10. The van der Waals surface area contributed by atoms with Gasteiger partial charge in [-0.25, -0.2) is 4.98 Å². The zero-order valence-electron chi connectivity index (χ0n) is 12.1. The molecule has 1 aromatic heterocycles. The van der Waals surface area contributed by atoms with Crippen LogP contribution < -0.4 is 15.4 Å². The highest BCUT2D eigenvalue weighted by Crippen LogP contribution is 2.26. The van der Waals surface area contributed by atoms with E-state index in [0.29, 0.717) is 5.88 Å². The van der Waals surface area contributed by atoms with Crippen molar-refractivity contribution in [3.05, 3.63) is 45.5 Å². The fraction of sp³-hybridized carbons (Fsp3) is 0.200. The Kier molecular flexibility index (Phi) is 5.79. The van der Waals surface area contributed by atoms with E-state index < -0.39 is 6.04 Å². The molecule has 0 radical (unpaired) electrons. The maximum absolute atomic E-state index is 12.2. The maximum Gasteiger partial charge on any atom is 0.246 e. The Morgan fingerprint density at radius 1 is 1.27 bits per heavy atom. The molecule has 0 saturated heterocycles. The fourth-order valence-corrected chi connectivity index (χ4v) is 2.88. The zero-order valence-corrected chi connectivity index (χ0v) is 15.2. The second kappa shape index (κ2) is 7.60. The van der Waals surface area contributed by atoms with Crippen LogP contribution >= 0.6 is 31.9 Å². The summed E-state index contributed by atoms with van der Waals surface area (Å²) in [6.07, 6.45) is 1.62. The summed E-state index contributed by atoms with van der Waals surface area (Å²) in [5, 5.41) is 5.96. The lowest BCUT2D eigenvalue weighted by molar-refractivity contribution is -0.116. The number of hydrogen-bond acceptors (Lipinski definition) is 4. The summed E-state index contributed by atoms with van der Waals surface area (Å²) < 4.78 is 6.75. The van der Waals surface area contributed by atoms with Crippen LogP contribution in [-0.4, -0.2) is 24.0 Å². The topological polar surface area (TPSA) is 63.2 Å². The van der Waals surface area contributed by atoms with Crippen molar-refractivity contribution in [3.63, 3.8) is 0 Å². The first-order chi connectivity index (χ1) is 10.5. The minimum atomic E-state index is -0.411. The lowest BCUT2D eigenvalue weighted by Gasteiger charge is -2.16. The molecule has 7 heteroatoms. The number of benzene rings is 1. The van der Waals surface area contributed by atoms with Crippen LogP contribution in [0.5, 0.6) is 5.88 Å². The van der Waals surface area contributed by atoms with E-state index in [4.69, 9.17) is 4.74 Å². The van der Waals surface area contributed by atoms with Gasteiger partial charge in [0.05, 0.1) is 24.7 Å². The number of pyridine rings is 1. The van der Waals surface area contributed by atoms with Gasteiger partial charge in [0, 0.05) is 15.0 Å². The molecule has 0 aliphatic heterocycles. The molecule has 1 aromatic carbocycles. The Morgan fingerprint density at radius 2 is 2.05 bits per heavy atom. The molecule has 0 saturated carbocycles. The standard InChI is InChI=1S/C15H15Br2N3O2/c1-9(19-11-4-6-14(22-2)18-8-11)15(21)20-13-5-3-10(16)7-12(13)17/h3-9,19H,1-2H3,(H,20,21)/t9-/m0/s1. The molecule has 0 aliphatic carbocycles. The third-order valence-corrected chi connectivity index (χ3v) is 4.06. The second-order valence-electron chi connectivity index (χ2n) is 4.57. The van der Waals surface area contributed by atoms with Crippen LogP contribution in [0, 0.1) is 0 Å². The lowest BCUT2D eigenvalue weighted by atomic mass is 10.2. The molecule has 0 aliphatic rings. The Labute approximate surface area is 145 Å².